The molecule has 8 heteroatoms. The molecule has 3 rings (SSSR count). The van der Waals surface area contributed by atoms with Crippen molar-refractivity contribution in [1.29, 1.82) is 0 Å². The van der Waals surface area contributed by atoms with Gasteiger partial charge in [-0.25, -0.2) is 4.79 Å². The molecule has 1 aliphatic rings. The molecule has 0 aromatic heterocycles. The molecule has 0 radical (unpaired) electrons. The lowest BCUT2D eigenvalue weighted by atomic mass is 9.93. The van der Waals surface area contributed by atoms with Crippen molar-refractivity contribution in [2.24, 2.45) is 0 Å². The number of para-hydroxylation sites is 1. The van der Waals surface area contributed by atoms with Crippen molar-refractivity contribution < 1.29 is 24.2 Å². The van der Waals surface area contributed by atoms with Crippen molar-refractivity contribution in [2.75, 3.05) is 6.54 Å². The minimum Gasteiger partial charge on any atom is -0.507 e. The predicted octanol–water partition coefficient (Wildman–Crippen LogP) is 7.13. The zero-order chi connectivity index (χ0) is 32.1. The second-order valence-electron chi connectivity index (χ2n) is 13.1. The van der Waals surface area contributed by atoms with Gasteiger partial charge in [0.1, 0.15) is 23.4 Å². The Morgan fingerprint density at radius 3 is 2.30 bits per heavy atom. The van der Waals surface area contributed by atoms with Crippen LogP contribution in [0.15, 0.2) is 48.5 Å². The molecule has 2 aromatic carbocycles. The number of nitrogens with zero attached hydrogens (tertiary/aromatic N) is 1. The summed E-state index contributed by atoms with van der Waals surface area (Å²) in [5, 5.41) is 17.3. The Morgan fingerprint density at radius 2 is 1.64 bits per heavy atom. The van der Waals surface area contributed by atoms with Crippen molar-refractivity contribution in [2.45, 2.75) is 129 Å². The number of benzene rings is 2. The number of amides is 3. The first-order chi connectivity index (χ1) is 21.0. The summed E-state index contributed by atoms with van der Waals surface area (Å²) in [6.07, 6.45) is 9.34. The third-order valence-electron chi connectivity index (χ3n) is 8.13. The number of hydrogen-bond acceptors (Lipinski definition) is 5. The summed E-state index contributed by atoms with van der Waals surface area (Å²) < 4.78 is 5.55. The fourth-order valence-electron chi connectivity index (χ4n) is 5.83. The minimum atomic E-state index is -1.06. The molecule has 0 aliphatic heterocycles. The van der Waals surface area contributed by atoms with Gasteiger partial charge in [-0.05, 0) is 58.1 Å². The van der Waals surface area contributed by atoms with E-state index in [1.807, 2.05) is 30.3 Å². The Hall–Kier alpha value is -3.55. The first-order valence-electron chi connectivity index (χ1n) is 16.4. The Kier molecular flexibility index (Phi) is 13.6. The van der Waals surface area contributed by atoms with Gasteiger partial charge < -0.3 is 25.4 Å². The van der Waals surface area contributed by atoms with Crippen LogP contribution in [0.1, 0.15) is 115 Å². The van der Waals surface area contributed by atoms with Crippen LogP contribution in [0.3, 0.4) is 0 Å². The van der Waals surface area contributed by atoms with Crippen LogP contribution in [0, 0.1) is 6.92 Å². The Bertz CT molecular complexity index is 1200. The number of carbonyl (C=O) groups is 3. The van der Waals surface area contributed by atoms with Gasteiger partial charge in [0.15, 0.2) is 0 Å². The summed E-state index contributed by atoms with van der Waals surface area (Å²) in [6.45, 7) is 9.56. The van der Waals surface area contributed by atoms with Crippen LogP contribution in [-0.4, -0.2) is 52.1 Å². The largest absolute Gasteiger partial charge is 0.507 e. The van der Waals surface area contributed by atoms with Gasteiger partial charge in [0, 0.05) is 24.6 Å². The maximum atomic E-state index is 14.7. The van der Waals surface area contributed by atoms with E-state index in [2.05, 4.69) is 17.6 Å². The van der Waals surface area contributed by atoms with E-state index in [1.54, 1.807) is 50.8 Å². The van der Waals surface area contributed by atoms with Crippen molar-refractivity contribution >= 4 is 17.9 Å². The number of phenols is 1. The predicted molar refractivity (Wildman–Crippen MR) is 174 cm³/mol. The van der Waals surface area contributed by atoms with Gasteiger partial charge in [0.2, 0.25) is 11.8 Å². The fourth-order valence-corrected chi connectivity index (χ4v) is 5.83. The molecule has 1 aliphatic carbocycles. The second kappa shape index (κ2) is 17.1. The maximum Gasteiger partial charge on any atom is 0.408 e. The second-order valence-corrected chi connectivity index (χ2v) is 13.1. The number of alkyl carbamates (subject to hydrolysis) is 1. The number of nitrogens with one attached hydrogen (secondary N) is 2. The summed E-state index contributed by atoms with van der Waals surface area (Å²) in [5.74, 6) is -0.699. The molecule has 2 atom stereocenters. The van der Waals surface area contributed by atoms with E-state index in [-0.39, 0.29) is 30.0 Å². The van der Waals surface area contributed by atoms with Crippen LogP contribution >= 0.6 is 0 Å². The molecule has 2 aromatic rings. The van der Waals surface area contributed by atoms with Crippen LogP contribution < -0.4 is 10.6 Å². The first kappa shape index (κ1) is 34.9. The van der Waals surface area contributed by atoms with Crippen LogP contribution in [0.4, 0.5) is 4.79 Å². The summed E-state index contributed by atoms with van der Waals surface area (Å²) in [6, 6.07) is 12.8. The van der Waals surface area contributed by atoms with Crippen molar-refractivity contribution in [3.05, 3.63) is 65.2 Å². The zero-order valence-corrected chi connectivity index (χ0v) is 27.4. The van der Waals surface area contributed by atoms with E-state index in [0.717, 1.165) is 63.4 Å². The molecule has 2 unspecified atom stereocenters. The number of hydrogen-bond donors (Lipinski definition) is 3. The lowest BCUT2D eigenvalue weighted by Gasteiger charge is -2.36. The summed E-state index contributed by atoms with van der Waals surface area (Å²) in [7, 11) is 0. The topological polar surface area (TPSA) is 108 Å². The smallest absolute Gasteiger partial charge is 0.408 e. The molecule has 1 fully saturated rings. The summed E-state index contributed by atoms with van der Waals surface area (Å²) >= 11 is 0. The molecule has 44 heavy (non-hydrogen) atoms. The minimum absolute atomic E-state index is 0.000196. The molecule has 0 saturated heterocycles. The third-order valence-corrected chi connectivity index (χ3v) is 8.13. The molecule has 8 nitrogen and oxygen atoms in total. The molecule has 242 valence electrons. The highest BCUT2D eigenvalue weighted by Gasteiger charge is 2.38. The molecule has 0 bridgehead atoms. The van der Waals surface area contributed by atoms with Crippen LogP contribution in [-0.2, 0) is 20.7 Å². The van der Waals surface area contributed by atoms with E-state index in [4.69, 9.17) is 4.74 Å². The van der Waals surface area contributed by atoms with Crippen molar-refractivity contribution in [3.8, 4) is 5.75 Å². The molecule has 1 saturated carbocycles. The maximum absolute atomic E-state index is 14.7. The van der Waals surface area contributed by atoms with Gasteiger partial charge in [0.05, 0.1) is 0 Å². The molecular formula is C36H53N3O5. The van der Waals surface area contributed by atoms with Gasteiger partial charge in [-0.3, -0.25) is 9.59 Å². The van der Waals surface area contributed by atoms with Gasteiger partial charge in [0.25, 0.3) is 0 Å². The van der Waals surface area contributed by atoms with Gasteiger partial charge >= 0.3 is 6.09 Å². The molecule has 3 N–H and O–H groups in total. The van der Waals surface area contributed by atoms with Gasteiger partial charge in [-0.2, -0.15) is 0 Å². The van der Waals surface area contributed by atoms with Crippen molar-refractivity contribution in [1.82, 2.24) is 15.5 Å². The van der Waals surface area contributed by atoms with E-state index >= 15 is 0 Å². The Morgan fingerprint density at radius 1 is 0.955 bits per heavy atom. The highest BCUT2D eigenvalue weighted by Crippen LogP contribution is 2.33. The van der Waals surface area contributed by atoms with E-state index in [9.17, 15) is 19.5 Å². The highest BCUT2D eigenvalue weighted by molar-refractivity contribution is 5.93. The molecule has 0 heterocycles. The number of unbranched alkanes of at least 4 members (excludes halogenated alkanes) is 4. The Balaban J connectivity index is 2.04. The quantitative estimate of drug-likeness (QED) is 0.198. The number of aryl methyl sites for hydroxylation is 1. The highest BCUT2D eigenvalue weighted by atomic mass is 16.6. The number of rotatable bonds is 14. The average Bonchev–Trinajstić information content (AvgIpc) is 2.97. The van der Waals surface area contributed by atoms with E-state index < -0.39 is 23.8 Å². The van der Waals surface area contributed by atoms with E-state index in [0.29, 0.717) is 24.1 Å². The normalized spacial score (nSPS) is 15.2. The van der Waals surface area contributed by atoms with E-state index in [1.165, 1.54) is 0 Å². The SMILES string of the molecule is CCCCCCCN(C(=O)C(Cc1ccccc1)NC(=O)OC(C)(C)C)C(C(=O)NC1CCCCC1)c1cccc(C)c1O. The molecule has 0 spiro atoms. The Labute approximate surface area is 263 Å². The number of phenolic OH excluding ortho intramolecular Hbond substituents is 1. The van der Waals surface area contributed by atoms with Gasteiger partial charge in [-0.1, -0.05) is 100 Å². The third kappa shape index (κ3) is 10.9. The van der Waals surface area contributed by atoms with Crippen molar-refractivity contribution in [3.63, 3.8) is 0 Å². The average molecular weight is 608 g/mol. The van der Waals surface area contributed by atoms with Crippen LogP contribution in [0.25, 0.3) is 0 Å². The number of ether oxygens (including phenoxy) is 1. The molecular weight excluding hydrogens is 554 g/mol. The summed E-state index contributed by atoms with van der Waals surface area (Å²) in [5.41, 5.74) is 1.13. The van der Waals surface area contributed by atoms with Gasteiger partial charge in [-0.15, -0.1) is 0 Å². The lowest BCUT2D eigenvalue weighted by molar-refractivity contribution is -0.143. The van der Waals surface area contributed by atoms with Crippen LogP contribution in [0.2, 0.25) is 0 Å². The zero-order valence-electron chi connectivity index (χ0n) is 27.4. The molecule has 3 amide bonds. The fraction of sp³-hybridized carbons (Fsp3) is 0.583. The lowest BCUT2D eigenvalue weighted by Crippen LogP contribution is -2.54. The number of aromatic hydroxyl groups is 1. The first-order valence-corrected chi connectivity index (χ1v) is 16.4. The number of carbonyl (C=O) groups excluding carboxylic acids is 3. The monoisotopic (exact) mass is 607 g/mol. The standard InChI is InChI=1S/C36H53N3O5/c1-6-7-8-9-16-24-39(34(42)30(25-27-19-12-10-13-20-27)38-35(43)44-36(3,4)5)31(29-23-17-18-26(2)32(29)40)33(41)37-28-21-14-11-15-22-28/h10,12-13,17-20,23,28,30-31,40H,6-9,11,14-16,21-22,24-25H2,1-5H3,(H,37,41)(H,38,43). The van der Waals surface area contributed by atoms with Crippen LogP contribution in [0.5, 0.6) is 5.75 Å². The summed E-state index contributed by atoms with van der Waals surface area (Å²) in [4.78, 5) is 43.5.